The fourth-order valence-electron chi connectivity index (χ4n) is 6.98. The minimum atomic E-state index is 0. The monoisotopic (exact) mass is 1610 g/mol. The van der Waals surface area contributed by atoms with Crippen molar-refractivity contribution in [2.75, 3.05) is 0 Å². The van der Waals surface area contributed by atoms with Crippen LogP contribution in [0.15, 0.2) is 323 Å². The average Bonchev–Trinajstić information content (AvgIpc) is 1.10. The Morgan fingerprint density at radius 3 is 0.265 bits per heavy atom. The van der Waals surface area contributed by atoms with Crippen molar-refractivity contribution in [2.45, 2.75) is 83.1 Å². The Morgan fingerprint density at radius 2 is 0.224 bits per heavy atom. The number of para-hydroxylation sites is 6. The van der Waals surface area contributed by atoms with Gasteiger partial charge in [0.05, 0.1) is 0 Å². The van der Waals surface area contributed by atoms with Gasteiger partial charge in [0.25, 0.3) is 0 Å². The summed E-state index contributed by atoms with van der Waals surface area (Å²) in [5.74, 6) is 0.986. The van der Waals surface area contributed by atoms with Crippen LogP contribution < -0.4 is 30.6 Å². The molecule has 0 aliphatic carbocycles. The summed E-state index contributed by atoms with van der Waals surface area (Å²) in [4.78, 5) is 26.5. The van der Waals surface area contributed by atoms with E-state index in [1.54, 1.807) is 86.8 Å². The Hall–Kier alpha value is -9.28. The molecule has 15 heteroatoms. The molecule has 0 saturated heterocycles. The Balaban J connectivity index is 0. The van der Waals surface area contributed by atoms with Crippen LogP contribution in [0.5, 0.6) is 34.5 Å². The molecular weight excluding hydrogens is 1520 g/mol. The molecule has 13 aromatic rings. The van der Waals surface area contributed by atoms with Crippen LogP contribution >= 0.6 is 0 Å². The van der Waals surface area contributed by atoms with E-state index in [2.05, 4.69) is 34.9 Å². The fraction of sp³-hybridized carbons (Fsp3) is 0.145. The Labute approximate surface area is 643 Å². The second-order valence-electron chi connectivity index (χ2n) is 20.5. The van der Waals surface area contributed by atoms with Gasteiger partial charge in [-0.05, 0) is 168 Å². The van der Waals surface area contributed by atoms with Gasteiger partial charge in [0.15, 0.2) is 0 Å². The smallest absolute Gasteiger partial charge is 0.872 e. The van der Waals surface area contributed by atoms with Gasteiger partial charge < -0.3 is 30.6 Å². The molecule has 0 aliphatic heterocycles. The molecule has 2 radical (unpaired) electrons. The molecule has 0 spiro atoms. The third kappa shape index (κ3) is 46.8. The van der Waals surface area contributed by atoms with E-state index in [0.29, 0.717) is 0 Å². The molecule has 0 fully saturated rings. The van der Waals surface area contributed by atoms with Gasteiger partial charge in [-0.15, -0.1) is 34.5 Å². The average molecular weight is 1610 g/mol. The van der Waals surface area contributed by atoms with Gasteiger partial charge >= 0.3 is 76.3 Å². The first-order valence-electron chi connectivity index (χ1n) is 30.6. The van der Waals surface area contributed by atoms with Crippen LogP contribution in [-0.2, 0) is 0 Å². The molecule has 98 heavy (non-hydrogen) atoms. The third-order valence-corrected chi connectivity index (χ3v) is 12.4. The minimum Gasteiger partial charge on any atom is -0.872 e. The van der Waals surface area contributed by atoms with Crippen molar-refractivity contribution < 1.29 is 107 Å². The zero-order chi connectivity index (χ0) is 70.8. The number of hydrogen-bond acceptors (Lipinski definition) is 13. The number of benzene rings is 6. The van der Waals surface area contributed by atoms with Crippen LogP contribution in [0, 0.1) is 159 Å². The van der Waals surface area contributed by atoms with E-state index in [9.17, 15) is 30.6 Å². The predicted molar refractivity (Wildman–Crippen MR) is 382 cm³/mol. The van der Waals surface area contributed by atoms with E-state index in [0.717, 1.165) is 66.8 Å². The molecule has 7 heterocycles. The topological polar surface area (TPSA) is 229 Å². The second kappa shape index (κ2) is 60.2. The molecule has 0 bridgehead atoms. The summed E-state index contributed by atoms with van der Waals surface area (Å²) in [6, 6.07) is 73.3. The van der Waals surface area contributed by atoms with E-state index in [1.807, 2.05) is 320 Å². The molecule has 0 unspecified atom stereocenters. The maximum atomic E-state index is 11.0. The van der Waals surface area contributed by atoms with Gasteiger partial charge in [0.2, 0.25) is 0 Å². The Morgan fingerprint density at radius 1 is 0.143 bits per heavy atom. The largest absolute Gasteiger partial charge is 3.00 e. The molecule has 0 saturated carbocycles. The van der Waals surface area contributed by atoms with Crippen LogP contribution in [0.1, 0.15) is 66.8 Å². The molecule has 0 N–H and O–H groups in total. The standard InChI is InChI=1S/6C8H10O.7C5H5N.2Dy/c6*1-6-4-3-5-7(2)8(6)9;7*1-2-4-6-5-3-1;;/h6*3-5,9H,1-2H3;7*1-5H;;/q;;;;;;;;;;;;;2*+3/p-6. The molecule has 0 amide bonds. The summed E-state index contributed by atoms with van der Waals surface area (Å²) in [7, 11) is 0. The van der Waals surface area contributed by atoms with Crippen LogP contribution in [0.3, 0.4) is 0 Å². The number of pyridine rings is 7. The summed E-state index contributed by atoms with van der Waals surface area (Å²) in [5.41, 5.74) is 9.94. The fourth-order valence-corrected chi connectivity index (χ4v) is 6.98. The van der Waals surface area contributed by atoms with Gasteiger partial charge in [-0.3, -0.25) is 34.9 Å². The zero-order valence-corrected chi connectivity index (χ0v) is 61.9. The van der Waals surface area contributed by atoms with Crippen molar-refractivity contribution in [3.63, 3.8) is 0 Å². The van der Waals surface area contributed by atoms with E-state index in [-0.39, 0.29) is 111 Å². The van der Waals surface area contributed by atoms with Gasteiger partial charge in [-0.25, -0.2) is 0 Å². The predicted octanol–water partition coefficient (Wildman–Crippen LogP) is 15.8. The molecule has 13 rings (SSSR count). The van der Waals surface area contributed by atoms with Gasteiger partial charge in [0, 0.05) is 86.8 Å². The first-order chi connectivity index (χ1) is 46.3. The van der Waals surface area contributed by atoms with Gasteiger partial charge in [-0.1, -0.05) is 218 Å². The molecular formula is C83H89Dy2N7O6. The summed E-state index contributed by atoms with van der Waals surface area (Å²) < 4.78 is 0. The van der Waals surface area contributed by atoms with Crippen molar-refractivity contribution in [3.8, 4) is 34.5 Å². The van der Waals surface area contributed by atoms with E-state index >= 15 is 0 Å². The summed E-state index contributed by atoms with van der Waals surface area (Å²) >= 11 is 0. The molecule has 512 valence electrons. The SMILES string of the molecule is Cc1cccc(C)c1[O-].Cc1cccc(C)c1[O-].Cc1cccc(C)c1[O-].Cc1cccc(C)c1[O-].Cc1cccc(C)c1[O-].Cc1cccc(C)c1[O-].[Dy+3].[Dy+3].c1ccncc1.c1ccncc1.c1ccncc1.c1ccncc1.c1ccncc1.c1ccncc1.c1ccncc1. The Bertz CT molecular complexity index is 2930. The van der Waals surface area contributed by atoms with Crippen molar-refractivity contribution in [2.24, 2.45) is 0 Å². The first-order valence-corrected chi connectivity index (χ1v) is 30.6. The maximum Gasteiger partial charge on any atom is 3.00 e. The quantitative estimate of drug-likeness (QED) is 0.138. The minimum absolute atomic E-state index is 0. The third-order valence-electron chi connectivity index (χ3n) is 12.4. The van der Waals surface area contributed by atoms with Crippen LogP contribution in [-0.4, -0.2) is 34.9 Å². The van der Waals surface area contributed by atoms with Crippen molar-refractivity contribution in [1.29, 1.82) is 0 Å². The van der Waals surface area contributed by atoms with Gasteiger partial charge in [-0.2, -0.15) is 0 Å². The summed E-state index contributed by atoms with van der Waals surface area (Å²) in [5, 5.41) is 65.8. The van der Waals surface area contributed by atoms with Crippen molar-refractivity contribution >= 4 is 0 Å². The number of nitrogens with zero attached hydrogens (tertiary/aromatic N) is 7. The normalized spacial score (nSPS) is 8.69. The molecule has 6 aromatic carbocycles. The van der Waals surface area contributed by atoms with Crippen LogP contribution in [0.4, 0.5) is 0 Å². The molecule has 0 atom stereocenters. The van der Waals surface area contributed by atoms with Crippen LogP contribution in [0.25, 0.3) is 0 Å². The summed E-state index contributed by atoms with van der Waals surface area (Å²) in [6.45, 7) is 21.9. The number of rotatable bonds is 0. The van der Waals surface area contributed by atoms with Crippen molar-refractivity contribution in [3.05, 3.63) is 390 Å². The van der Waals surface area contributed by atoms with E-state index in [4.69, 9.17) is 0 Å². The second-order valence-corrected chi connectivity index (χ2v) is 20.5. The van der Waals surface area contributed by atoms with E-state index in [1.165, 1.54) is 0 Å². The maximum absolute atomic E-state index is 11.0. The Kier molecular flexibility index (Phi) is 55.7. The molecule has 0 aliphatic rings. The van der Waals surface area contributed by atoms with Crippen LogP contribution in [0.2, 0.25) is 0 Å². The van der Waals surface area contributed by atoms with E-state index < -0.39 is 0 Å². The number of aryl methyl sites for hydroxylation is 12. The molecule has 13 nitrogen and oxygen atoms in total. The number of hydrogen-bond donors (Lipinski definition) is 0. The number of aromatic nitrogens is 7. The zero-order valence-electron chi connectivity index (χ0n) is 57.8. The molecule has 7 aromatic heterocycles. The van der Waals surface area contributed by atoms with Gasteiger partial charge in [0.1, 0.15) is 0 Å². The summed E-state index contributed by atoms with van der Waals surface area (Å²) in [6.07, 6.45) is 24.5. The van der Waals surface area contributed by atoms with Crippen molar-refractivity contribution in [1.82, 2.24) is 34.9 Å². The first kappa shape index (κ1) is 90.8.